The van der Waals surface area contributed by atoms with Crippen molar-refractivity contribution in [1.82, 2.24) is 15.5 Å². The van der Waals surface area contributed by atoms with Crippen LogP contribution in [0.5, 0.6) is 0 Å². The molecule has 0 aliphatic carbocycles. The molecular weight excluding hydrogens is 294 g/mol. The number of nitrogens with one attached hydrogen (secondary N) is 2. The lowest BCUT2D eigenvalue weighted by Crippen LogP contribution is -2.36. The summed E-state index contributed by atoms with van der Waals surface area (Å²) in [7, 11) is -3.03. The number of amides is 1. The van der Waals surface area contributed by atoms with Crippen LogP contribution < -0.4 is 5.32 Å². The van der Waals surface area contributed by atoms with Crippen LogP contribution >= 0.6 is 0 Å². The summed E-state index contributed by atoms with van der Waals surface area (Å²) < 4.78 is 28.2. The number of hydrogen-bond acceptors (Lipinski definition) is 5. The molecule has 3 heterocycles. The maximum Gasteiger partial charge on any atom is 0.255 e. The first-order chi connectivity index (χ1) is 9.96. The molecule has 21 heavy (non-hydrogen) atoms. The van der Waals surface area contributed by atoms with E-state index < -0.39 is 9.84 Å². The minimum absolute atomic E-state index is 0.00821. The number of aromatic nitrogens is 2. The molecule has 1 unspecified atom stereocenters. The molecular formula is C13H15N3O4S. The number of hydrogen-bond donors (Lipinski definition) is 2. The Morgan fingerprint density at radius 1 is 1.52 bits per heavy atom. The molecule has 112 valence electrons. The lowest BCUT2D eigenvalue weighted by molar-refractivity contribution is 0.0941. The smallest absolute Gasteiger partial charge is 0.255 e. The minimum atomic E-state index is -3.03. The molecule has 2 aromatic rings. The first kappa shape index (κ1) is 13.9. The van der Waals surface area contributed by atoms with E-state index in [9.17, 15) is 13.2 Å². The quantitative estimate of drug-likeness (QED) is 0.876. The average Bonchev–Trinajstić information content (AvgIpc) is 3.09. The second kappa shape index (κ2) is 5.03. The van der Waals surface area contributed by atoms with Gasteiger partial charge in [-0.2, -0.15) is 5.10 Å². The summed E-state index contributed by atoms with van der Waals surface area (Å²) in [6.07, 6.45) is 1.95. The molecule has 0 aromatic carbocycles. The summed E-state index contributed by atoms with van der Waals surface area (Å²) in [6.45, 7) is 1.74. The number of furan rings is 1. The van der Waals surface area contributed by atoms with Gasteiger partial charge in [-0.25, -0.2) is 8.42 Å². The van der Waals surface area contributed by atoms with Gasteiger partial charge in [0, 0.05) is 11.7 Å². The molecule has 0 saturated carbocycles. The highest BCUT2D eigenvalue weighted by Gasteiger charge is 2.30. The van der Waals surface area contributed by atoms with Gasteiger partial charge in [0.25, 0.3) is 5.91 Å². The Bertz CT molecular complexity index is 761. The normalized spacial score (nSPS) is 20.5. The summed E-state index contributed by atoms with van der Waals surface area (Å²) >= 11 is 0. The fourth-order valence-corrected chi connectivity index (χ4v) is 4.14. The van der Waals surface area contributed by atoms with Crippen LogP contribution in [0, 0.1) is 6.92 Å². The van der Waals surface area contributed by atoms with E-state index in [0.29, 0.717) is 29.1 Å². The summed E-state index contributed by atoms with van der Waals surface area (Å²) in [5, 5.41) is 9.60. The highest BCUT2D eigenvalue weighted by Crippen LogP contribution is 2.24. The molecule has 2 aromatic heterocycles. The first-order valence-electron chi connectivity index (χ1n) is 6.56. The average molecular weight is 309 g/mol. The van der Waals surface area contributed by atoms with E-state index in [1.807, 2.05) is 0 Å². The molecule has 3 rings (SSSR count). The standard InChI is InChI=1S/C13H15N3O4S/c1-8-11(12(16-15-8)10-3-2-5-20-10)13(17)14-9-4-6-21(18,19)7-9/h2-3,5,9H,4,6-7H2,1H3,(H,14,17)(H,15,16). The Morgan fingerprint density at radius 3 is 2.95 bits per heavy atom. The number of rotatable bonds is 3. The van der Waals surface area contributed by atoms with Crippen molar-refractivity contribution in [2.45, 2.75) is 19.4 Å². The molecule has 1 saturated heterocycles. The number of carbonyl (C=O) groups is 1. The van der Waals surface area contributed by atoms with Crippen LogP contribution in [0.1, 0.15) is 22.5 Å². The van der Waals surface area contributed by atoms with Crippen LogP contribution in [0.25, 0.3) is 11.5 Å². The van der Waals surface area contributed by atoms with Gasteiger partial charge in [-0.05, 0) is 25.5 Å². The zero-order valence-corrected chi connectivity index (χ0v) is 12.2. The third kappa shape index (κ3) is 2.71. The van der Waals surface area contributed by atoms with E-state index in [1.54, 1.807) is 19.1 Å². The van der Waals surface area contributed by atoms with Crippen LogP contribution in [0.4, 0.5) is 0 Å². The number of aryl methyl sites for hydroxylation is 1. The van der Waals surface area contributed by atoms with Gasteiger partial charge in [0.1, 0.15) is 5.69 Å². The molecule has 0 radical (unpaired) electrons. The van der Waals surface area contributed by atoms with Crippen molar-refractivity contribution in [3.63, 3.8) is 0 Å². The fraction of sp³-hybridized carbons (Fsp3) is 0.385. The summed E-state index contributed by atoms with van der Waals surface area (Å²) in [5.74, 6) is 0.261. The largest absolute Gasteiger partial charge is 0.463 e. The number of carbonyl (C=O) groups excluding carboxylic acids is 1. The fourth-order valence-electron chi connectivity index (χ4n) is 2.47. The van der Waals surface area contributed by atoms with E-state index in [4.69, 9.17) is 4.42 Å². The van der Waals surface area contributed by atoms with E-state index in [0.717, 1.165) is 0 Å². The Kier molecular flexibility index (Phi) is 3.32. The van der Waals surface area contributed by atoms with Crippen molar-refractivity contribution in [1.29, 1.82) is 0 Å². The van der Waals surface area contributed by atoms with Crippen molar-refractivity contribution in [2.24, 2.45) is 0 Å². The topological polar surface area (TPSA) is 105 Å². The van der Waals surface area contributed by atoms with Gasteiger partial charge in [-0.15, -0.1) is 0 Å². The second-order valence-electron chi connectivity index (χ2n) is 5.12. The van der Waals surface area contributed by atoms with E-state index in [2.05, 4.69) is 15.5 Å². The predicted octanol–water partition coefficient (Wildman–Crippen LogP) is 0.895. The molecule has 1 atom stereocenters. The molecule has 1 fully saturated rings. The van der Waals surface area contributed by atoms with Crippen LogP contribution in [0.15, 0.2) is 22.8 Å². The van der Waals surface area contributed by atoms with Crippen molar-refractivity contribution >= 4 is 15.7 Å². The Labute approximate surface area is 121 Å². The van der Waals surface area contributed by atoms with Crippen LogP contribution in [0.3, 0.4) is 0 Å². The predicted molar refractivity (Wildman–Crippen MR) is 75.6 cm³/mol. The molecule has 8 heteroatoms. The van der Waals surface area contributed by atoms with Gasteiger partial charge in [0.15, 0.2) is 15.6 Å². The van der Waals surface area contributed by atoms with Gasteiger partial charge in [0.2, 0.25) is 0 Å². The lowest BCUT2D eigenvalue weighted by atomic mass is 10.1. The second-order valence-corrected chi connectivity index (χ2v) is 7.35. The molecule has 1 aliphatic heterocycles. The van der Waals surface area contributed by atoms with Crippen molar-refractivity contribution < 1.29 is 17.6 Å². The number of sulfone groups is 1. The zero-order chi connectivity index (χ0) is 15.0. The number of nitrogens with zero attached hydrogens (tertiary/aromatic N) is 1. The van der Waals surface area contributed by atoms with Gasteiger partial charge in [-0.1, -0.05) is 0 Å². The summed E-state index contributed by atoms with van der Waals surface area (Å²) in [5.41, 5.74) is 1.42. The van der Waals surface area contributed by atoms with E-state index >= 15 is 0 Å². The summed E-state index contributed by atoms with van der Waals surface area (Å²) in [4.78, 5) is 12.4. The van der Waals surface area contributed by atoms with Gasteiger partial charge in [-0.3, -0.25) is 9.89 Å². The molecule has 1 aliphatic rings. The Morgan fingerprint density at radius 2 is 2.33 bits per heavy atom. The van der Waals surface area contributed by atoms with Crippen molar-refractivity contribution in [3.05, 3.63) is 29.7 Å². The molecule has 0 bridgehead atoms. The van der Waals surface area contributed by atoms with Gasteiger partial charge < -0.3 is 9.73 Å². The SMILES string of the molecule is Cc1[nH]nc(-c2ccco2)c1C(=O)NC1CCS(=O)(=O)C1. The molecule has 1 amide bonds. The zero-order valence-electron chi connectivity index (χ0n) is 11.4. The molecule has 0 spiro atoms. The third-order valence-electron chi connectivity index (χ3n) is 3.50. The first-order valence-corrected chi connectivity index (χ1v) is 8.38. The third-order valence-corrected chi connectivity index (χ3v) is 5.26. The minimum Gasteiger partial charge on any atom is -0.463 e. The van der Waals surface area contributed by atoms with Crippen molar-refractivity contribution in [3.8, 4) is 11.5 Å². The number of aromatic amines is 1. The van der Waals surface area contributed by atoms with Crippen LogP contribution in [-0.2, 0) is 9.84 Å². The van der Waals surface area contributed by atoms with Crippen LogP contribution in [0.2, 0.25) is 0 Å². The Balaban J connectivity index is 1.84. The highest BCUT2D eigenvalue weighted by molar-refractivity contribution is 7.91. The van der Waals surface area contributed by atoms with Gasteiger partial charge in [0.05, 0.1) is 23.3 Å². The maximum absolute atomic E-state index is 12.4. The number of H-pyrrole nitrogens is 1. The van der Waals surface area contributed by atoms with E-state index in [-0.39, 0.29) is 23.5 Å². The molecule has 2 N–H and O–H groups in total. The van der Waals surface area contributed by atoms with Gasteiger partial charge >= 0.3 is 0 Å². The highest BCUT2D eigenvalue weighted by atomic mass is 32.2. The maximum atomic E-state index is 12.4. The summed E-state index contributed by atoms with van der Waals surface area (Å²) in [6, 6.07) is 3.08. The van der Waals surface area contributed by atoms with Crippen molar-refractivity contribution in [2.75, 3.05) is 11.5 Å². The molecule has 7 nitrogen and oxygen atoms in total. The van der Waals surface area contributed by atoms with E-state index in [1.165, 1.54) is 6.26 Å². The Hall–Kier alpha value is -2.09. The monoisotopic (exact) mass is 309 g/mol. The lowest BCUT2D eigenvalue weighted by Gasteiger charge is -2.11. The van der Waals surface area contributed by atoms with Crippen LogP contribution in [-0.4, -0.2) is 42.1 Å².